The first-order valence-corrected chi connectivity index (χ1v) is 4.25. The van der Waals surface area contributed by atoms with E-state index < -0.39 is 0 Å². The van der Waals surface area contributed by atoms with Crippen molar-refractivity contribution < 1.29 is 0 Å². The van der Waals surface area contributed by atoms with Gasteiger partial charge in [0.15, 0.2) is 0 Å². The maximum atomic E-state index is 5.26. The topological polar surface area (TPSA) is 24.4 Å². The highest BCUT2D eigenvalue weighted by molar-refractivity contribution is 5.99. The van der Waals surface area contributed by atoms with Crippen LogP contribution < -0.4 is 5.32 Å². The molecule has 1 aromatic rings. The van der Waals surface area contributed by atoms with E-state index in [0.29, 0.717) is 0 Å². The zero-order valence-electron chi connectivity index (χ0n) is 7.25. The summed E-state index contributed by atoms with van der Waals surface area (Å²) < 4.78 is 0. The third kappa shape index (κ3) is 1.54. The van der Waals surface area contributed by atoms with Crippen LogP contribution >= 0.6 is 0 Å². The monoisotopic (exact) mass is 170 g/mol. The molecule has 0 atom stereocenters. The van der Waals surface area contributed by atoms with Gasteiger partial charge in [-0.3, -0.25) is 4.99 Å². The molecule has 2 heteroatoms. The Bertz CT molecular complexity index is 368. The molecule has 1 aliphatic heterocycles. The van der Waals surface area contributed by atoms with E-state index in [1.807, 2.05) is 24.3 Å². The largest absolute Gasteiger partial charge is 0.368 e. The maximum Gasteiger partial charge on any atom is 0.128 e. The van der Waals surface area contributed by atoms with Crippen LogP contribution in [0.15, 0.2) is 29.3 Å². The van der Waals surface area contributed by atoms with Crippen LogP contribution in [0.3, 0.4) is 0 Å². The summed E-state index contributed by atoms with van der Waals surface area (Å²) in [5, 5.41) is 3.21. The number of nitrogens with zero attached hydrogens (tertiary/aromatic N) is 1. The zero-order valence-corrected chi connectivity index (χ0v) is 7.25. The number of hydrogen-bond acceptors (Lipinski definition) is 2. The summed E-state index contributed by atoms with van der Waals surface area (Å²) in [5.41, 5.74) is 2.01. The van der Waals surface area contributed by atoms with E-state index in [1.54, 1.807) is 0 Å². The van der Waals surface area contributed by atoms with Crippen LogP contribution in [0.2, 0.25) is 0 Å². The van der Waals surface area contributed by atoms with Gasteiger partial charge < -0.3 is 5.32 Å². The molecule has 2 nitrogen and oxygen atoms in total. The molecule has 13 heavy (non-hydrogen) atoms. The van der Waals surface area contributed by atoms with Crippen LogP contribution in [0.25, 0.3) is 0 Å². The minimum absolute atomic E-state index is 0.867. The molecule has 0 spiro atoms. The third-order valence-electron chi connectivity index (χ3n) is 2.00. The molecule has 1 N–H and O–H groups in total. The lowest BCUT2D eigenvalue weighted by Crippen LogP contribution is -2.19. The highest BCUT2D eigenvalue weighted by atomic mass is 15.1. The van der Waals surface area contributed by atoms with Crippen LogP contribution in [0.1, 0.15) is 11.1 Å². The van der Waals surface area contributed by atoms with Crippen molar-refractivity contribution in [1.82, 2.24) is 5.32 Å². The highest BCUT2D eigenvalue weighted by Gasteiger charge is 2.06. The smallest absolute Gasteiger partial charge is 0.128 e. The van der Waals surface area contributed by atoms with E-state index in [0.717, 1.165) is 30.1 Å². The van der Waals surface area contributed by atoms with Crippen LogP contribution in [-0.4, -0.2) is 18.9 Å². The molecule has 64 valence electrons. The van der Waals surface area contributed by atoms with E-state index in [9.17, 15) is 0 Å². The Kier molecular flexibility index (Phi) is 2.01. The van der Waals surface area contributed by atoms with Crippen LogP contribution in [0.5, 0.6) is 0 Å². The van der Waals surface area contributed by atoms with Crippen LogP contribution in [0.4, 0.5) is 0 Å². The molecule has 0 amide bonds. The van der Waals surface area contributed by atoms with Gasteiger partial charge >= 0.3 is 0 Å². The highest BCUT2D eigenvalue weighted by Crippen LogP contribution is 2.05. The second kappa shape index (κ2) is 3.32. The van der Waals surface area contributed by atoms with E-state index in [-0.39, 0.29) is 0 Å². The Labute approximate surface area is 77.7 Å². The number of nitrogens with one attached hydrogen (secondary N) is 1. The Morgan fingerprint density at radius 3 is 2.62 bits per heavy atom. The Morgan fingerprint density at radius 2 is 2.08 bits per heavy atom. The van der Waals surface area contributed by atoms with Crippen molar-refractivity contribution in [2.75, 3.05) is 13.1 Å². The van der Waals surface area contributed by atoms with E-state index in [1.165, 1.54) is 0 Å². The fourth-order valence-electron chi connectivity index (χ4n) is 1.32. The first-order valence-electron chi connectivity index (χ1n) is 4.25. The fourth-order valence-corrected chi connectivity index (χ4v) is 1.32. The minimum Gasteiger partial charge on any atom is -0.368 e. The fraction of sp³-hybridized carbons (Fsp3) is 0.182. The normalized spacial score (nSPS) is 14.5. The quantitative estimate of drug-likeness (QED) is 0.625. The maximum absolute atomic E-state index is 5.26. The first kappa shape index (κ1) is 7.88. The standard InChI is InChI=1S/C11H10N2/c1-2-9-3-5-10(6-4-9)11-12-7-8-13-11/h1,3-6H,7-8H2,(H,12,13). The molecular weight excluding hydrogens is 160 g/mol. The number of terminal acetylenes is 1. The molecule has 0 aliphatic carbocycles. The van der Waals surface area contributed by atoms with Gasteiger partial charge in [0.05, 0.1) is 6.54 Å². The SMILES string of the molecule is C#Cc1ccc(C2=NCCN2)cc1. The van der Waals surface area contributed by atoms with Crippen molar-refractivity contribution in [3.63, 3.8) is 0 Å². The van der Waals surface area contributed by atoms with Gasteiger partial charge in [-0.05, 0) is 12.1 Å². The summed E-state index contributed by atoms with van der Waals surface area (Å²) in [6, 6.07) is 7.84. The average molecular weight is 170 g/mol. The van der Waals surface area contributed by atoms with Gasteiger partial charge in [-0.2, -0.15) is 0 Å². The number of amidine groups is 1. The van der Waals surface area contributed by atoms with Gasteiger partial charge in [0.1, 0.15) is 5.84 Å². The minimum atomic E-state index is 0.867. The molecule has 1 aromatic carbocycles. The molecule has 1 aliphatic rings. The van der Waals surface area contributed by atoms with E-state index in [2.05, 4.69) is 16.2 Å². The van der Waals surface area contributed by atoms with Crippen molar-refractivity contribution in [1.29, 1.82) is 0 Å². The Morgan fingerprint density at radius 1 is 1.31 bits per heavy atom. The van der Waals surface area contributed by atoms with Gasteiger partial charge in [-0.15, -0.1) is 6.42 Å². The molecule has 0 saturated heterocycles. The van der Waals surface area contributed by atoms with Crippen molar-refractivity contribution in [2.45, 2.75) is 0 Å². The Hall–Kier alpha value is -1.75. The number of aliphatic imine (C=N–C) groups is 1. The van der Waals surface area contributed by atoms with Crippen LogP contribution in [0, 0.1) is 12.3 Å². The van der Waals surface area contributed by atoms with Crippen molar-refractivity contribution in [3.8, 4) is 12.3 Å². The summed E-state index contributed by atoms with van der Waals surface area (Å²) in [4.78, 5) is 4.32. The van der Waals surface area contributed by atoms with Crippen molar-refractivity contribution in [2.24, 2.45) is 4.99 Å². The zero-order chi connectivity index (χ0) is 9.10. The lowest BCUT2D eigenvalue weighted by molar-refractivity contribution is 0.960. The predicted molar refractivity (Wildman–Crippen MR) is 53.8 cm³/mol. The molecule has 0 bridgehead atoms. The van der Waals surface area contributed by atoms with Crippen molar-refractivity contribution >= 4 is 5.84 Å². The van der Waals surface area contributed by atoms with Gasteiger partial charge in [0.25, 0.3) is 0 Å². The van der Waals surface area contributed by atoms with Crippen molar-refractivity contribution in [3.05, 3.63) is 35.4 Å². The Balaban J connectivity index is 2.28. The molecular formula is C11H10N2. The molecule has 1 heterocycles. The number of benzene rings is 1. The third-order valence-corrected chi connectivity index (χ3v) is 2.00. The van der Waals surface area contributed by atoms with Crippen LogP contribution in [-0.2, 0) is 0 Å². The first-order chi connectivity index (χ1) is 6.40. The van der Waals surface area contributed by atoms with Gasteiger partial charge in [-0.1, -0.05) is 18.1 Å². The lowest BCUT2D eigenvalue weighted by Gasteiger charge is -2.01. The molecule has 0 unspecified atom stereocenters. The molecule has 0 radical (unpaired) electrons. The second-order valence-electron chi connectivity index (χ2n) is 2.88. The number of hydrogen-bond donors (Lipinski definition) is 1. The summed E-state index contributed by atoms with van der Waals surface area (Å²) in [5.74, 6) is 3.56. The summed E-state index contributed by atoms with van der Waals surface area (Å²) in [6.07, 6.45) is 5.26. The lowest BCUT2D eigenvalue weighted by atomic mass is 10.1. The second-order valence-corrected chi connectivity index (χ2v) is 2.88. The molecule has 2 rings (SSSR count). The molecule has 0 fully saturated rings. The van der Waals surface area contributed by atoms with E-state index >= 15 is 0 Å². The molecule has 0 saturated carbocycles. The van der Waals surface area contributed by atoms with Gasteiger partial charge in [0.2, 0.25) is 0 Å². The summed E-state index contributed by atoms with van der Waals surface area (Å²) in [7, 11) is 0. The molecule has 0 aromatic heterocycles. The predicted octanol–water partition coefficient (Wildman–Crippen LogP) is 1.02. The summed E-state index contributed by atoms with van der Waals surface area (Å²) in [6.45, 7) is 1.80. The van der Waals surface area contributed by atoms with Gasteiger partial charge in [0, 0.05) is 17.7 Å². The number of rotatable bonds is 1. The summed E-state index contributed by atoms with van der Waals surface area (Å²) >= 11 is 0. The van der Waals surface area contributed by atoms with Gasteiger partial charge in [-0.25, -0.2) is 0 Å². The average Bonchev–Trinajstić information content (AvgIpc) is 2.71. The van der Waals surface area contributed by atoms with E-state index in [4.69, 9.17) is 6.42 Å².